The van der Waals surface area contributed by atoms with Gasteiger partial charge in [0.15, 0.2) is 0 Å². The lowest BCUT2D eigenvalue weighted by Crippen LogP contribution is -2.37. The number of rotatable bonds is 8. The Kier molecular flexibility index (Phi) is 5.68. The summed E-state index contributed by atoms with van der Waals surface area (Å²) in [5.74, 6) is 1.60. The monoisotopic (exact) mass is 296 g/mol. The van der Waals surface area contributed by atoms with Gasteiger partial charge in [0, 0.05) is 18.1 Å². The molecule has 1 amide bonds. The van der Waals surface area contributed by atoms with Gasteiger partial charge in [-0.15, -0.1) is 0 Å². The number of nitrogens with zero attached hydrogens (tertiary/aromatic N) is 1. The van der Waals surface area contributed by atoms with Crippen LogP contribution in [-0.4, -0.2) is 44.1 Å². The van der Waals surface area contributed by atoms with E-state index in [0.717, 1.165) is 18.2 Å². The molecule has 0 radical (unpaired) electrons. The van der Waals surface area contributed by atoms with Gasteiger partial charge in [0.2, 0.25) is 5.91 Å². The number of ether oxygens (including phenoxy) is 1. The number of hydrogen-bond acceptors (Lipinski definition) is 3. The van der Waals surface area contributed by atoms with Gasteiger partial charge in [-0.3, -0.25) is 9.69 Å². The van der Waals surface area contributed by atoms with Gasteiger partial charge in [-0.25, -0.2) is 0 Å². The Balaban J connectivity index is 1.57. The molecule has 0 saturated heterocycles. The van der Waals surface area contributed by atoms with E-state index in [-0.39, 0.29) is 5.91 Å². The standard InChI is InChI=1S/C15H21ClN2O2/c1-18(11-15(19)17-10-12-2-3-12)8-9-20-14-6-4-13(16)5-7-14/h4-7,12H,2-3,8-11H2,1H3,(H,17,19). The zero-order valence-corrected chi connectivity index (χ0v) is 12.5. The number of benzene rings is 1. The van der Waals surface area contributed by atoms with Crippen molar-refractivity contribution in [2.24, 2.45) is 5.92 Å². The first kappa shape index (κ1) is 15.1. The summed E-state index contributed by atoms with van der Waals surface area (Å²) < 4.78 is 5.59. The van der Waals surface area contributed by atoms with Crippen LogP contribution in [0.2, 0.25) is 5.02 Å². The predicted octanol–water partition coefficient (Wildman–Crippen LogP) is 2.18. The van der Waals surface area contributed by atoms with Gasteiger partial charge in [0.25, 0.3) is 0 Å². The van der Waals surface area contributed by atoms with Gasteiger partial charge in [-0.2, -0.15) is 0 Å². The van der Waals surface area contributed by atoms with E-state index in [2.05, 4.69) is 5.32 Å². The highest BCUT2D eigenvalue weighted by atomic mass is 35.5. The van der Waals surface area contributed by atoms with E-state index in [4.69, 9.17) is 16.3 Å². The van der Waals surface area contributed by atoms with Crippen molar-refractivity contribution in [2.75, 3.05) is 33.3 Å². The molecule has 0 aliphatic heterocycles. The molecule has 110 valence electrons. The lowest BCUT2D eigenvalue weighted by molar-refractivity contribution is -0.122. The third kappa shape index (κ3) is 5.80. The van der Waals surface area contributed by atoms with Crippen molar-refractivity contribution in [3.8, 4) is 5.75 Å². The smallest absolute Gasteiger partial charge is 0.234 e. The van der Waals surface area contributed by atoms with Crippen LogP contribution in [0.3, 0.4) is 0 Å². The summed E-state index contributed by atoms with van der Waals surface area (Å²) in [6.07, 6.45) is 2.51. The number of likely N-dealkylation sites (N-methyl/N-ethyl adjacent to an activating group) is 1. The van der Waals surface area contributed by atoms with Crippen LogP contribution in [0.1, 0.15) is 12.8 Å². The summed E-state index contributed by atoms with van der Waals surface area (Å²) in [5.41, 5.74) is 0. The summed E-state index contributed by atoms with van der Waals surface area (Å²) in [6.45, 7) is 2.50. The highest BCUT2D eigenvalue weighted by Gasteiger charge is 2.21. The average molecular weight is 297 g/mol. The van der Waals surface area contributed by atoms with Crippen LogP contribution in [0.5, 0.6) is 5.75 Å². The van der Waals surface area contributed by atoms with E-state index in [1.807, 2.05) is 24.1 Å². The molecule has 20 heavy (non-hydrogen) atoms. The fourth-order valence-corrected chi connectivity index (χ4v) is 1.94. The van der Waals surface area contributed by atoms with Crippen LogP contribution >= 0.6 is 11.6 Å². The van der Waals surface area contributed by atoms with Gasteiger partial charge in [-0.05, 0) is 50.1 Å². The van der Waals surface area contributed by atoms with E-state index >= 15 is 0 Å². The van der Waals surface area contributed by atoms with Crippen LogP contribution in [-0.2, 0) is 4.79 Å². The normalized spacial score (nSPS) is 14.3. The largest absolute Gasteiger partial charge is 0.492 e. The second-order valence-electron chi connectivity index (χ2n) is 5.29. The highest BCUT2D eigenvalue weighted by Crippen LogP contribution is 2.27. The molecule has 0 aromatic heterocycles. The summed E-state index contributed by atoms with van der Waals surface area (Å²) in [6, 6.07) is 7.27. The van der Waals surface area contributed by atoms with E-state index in [9.17, 15) is 4.79 Å². The molecule has 1 aromatic carbocycles. The molecule has 1 aliphatic rings. The van der Waals surface area contributed by atoms with Gasteiger partial charge in [0.1, 0.15) is 12.4 Å². The molecule has 0 atom stereocenters. The Morgan fingerprint density at radius 2 is 2.10 bits per heavy atom. The minimum Gasteiger partial charge on any atom is -0.492 e. The van der Waals surface area contributed by atoms with Gasteiger partial charge in [-0.1, -0.05) is 11.6 Å². The van der Waals surface area contributed by atoms with E-state index in [1.54, 1.807) is 12.1 Å². The van der Waals surface area contributed by atoms with Crippen molar-refractivity contribution in [3.05, 3.63) is 29.3 Å². The molecule has 0 unspecified atom stereocenters. The molecule has 1 fully saturated rings. The Morgan fingerprint density at radius 3 is 2.75 bits per heavy atom. The van der Waals surface area contributed by atoms with Crippen LogP contribution in [0.4, 0.5) is 0 Å². The number of amides is 1. The summed E-state index contributed by atoms with van der Waals surface area (Å²) in [5, 5.41) is 3.65. The first-order valence-electron chi connectivity index (χ1n) is 6.97. The van der Waals surface area contributed by atoms with Gasteiger partial charge >= 0.3 is 0 Å². The fourth-order valence-electron chi connectivity index (χ4n) is 1.81. The average Bonchev–Trinajstić information content (AvgIpc) is 3.23. The maximum Gasteiger partial charge on any atom is 0.234 e. The minimum absolute atomic E-state index is 0.0888. The zero-order valence-electron chi connectivity index (χ0n) is 11.8. The van der Waals surface area contributed by atoms with E-state index < -0.39 is 0 Å². The second kappa shape index (κ2) is 7.50. The van der Waals surface area contributed by atoms with E-state index in [1.165, 1.54) is 12.8 Å². The highest BCUT2D eigenvalue weighted by molar-refractivity contribution is 6.30. The number of carbonyl (C=O) groups is 1. The topological polar surface area (TPSA) is 41.6 Å². The van der Waals surface area contributed by atoms with Crippen molar-refractivity contribution >= 4 is 17.5 Å². The molecule has 1 aromatic rings. The third-order valence-electron chi connectivity index (χ3n) is 3.25. The van der Waals surface area contributed by atoms with Crippen molar-refractivity contribution in [1.29, 1.82) is 0 Å². The summed E-state index contributed by atoms with van der Waals surface area (Å²) in [4.78, 5) is 13.6. The summed E-state index contributed by atoms with van der Waals surface area (Å²) >= 11 is 5.80. The first-order chi connectivity index (χ1) is 9.63. The Morgan fingerprint density at radius 1 is 1.40 bits per heavy atom. The quantitative estimate of drug-likeness (QED) is 0.799. The van der Waals surface area contributed by atoms with Crippen molar-refractivity contribution in [2.45, 2.75) is 12.8 Å². The van der Waals surface area contributed by atoms with Gasteiger partial charge in [0.05, 0.1) is 6.54 Å². The minimum atomic E-state index is 0.0888. The molecule has 1 saturated carbocycles. The van der Waals surface area contributed by atoms with Crippen LogP contribution in [0, 0.1) is 5.92 Å². The molecular formula is C15H21ClN2O2. The maximum absolute atomic E-state index is 11.6. The van der Waals surface area contributed by atoms with E-state index in [0.29, 0.717) is 24.7 Å². The summed E-state index contributed by atoms with van der Waals surface area (Å²) in [7, 11) is 1.92. The van der Waals surface area contributed by atoms with Crippen LogP contribution in [0.15, 0.2) is 24.3 Å². The molecule has 0 spiro atoms. The number of carbonyl (C=O) groups excluding carboxylic acids is 1. The Bertz CT molecular complexity index is 432. The van der Waals surface area contributed by atoms with Crippen LogP contribution in [0.25, 0.3) is 0 Å². The maximum atomic E-state index is 11.6. The second-order valence-corrected chi connectivity index (χ2v) is 5.72. The lowest BCUT2D eigenvalue weighted by Gasteiger charge is -2.16. The number of hydrogen-bond donors (Lipinski definition) is 1. The van der Waals surface area contributed by atoms with Crippen molar-refractivity contribution < 1.29 is 9.53 Å². The molecule has 0 heterocycles. The zero-order chi connectivity index (χ0) is 14.4. The molecule has 2 rings (SSSR count). The number of nitrogens with one attached hydrogen (secondary N) is 1. The Labute approximate surface area is 125 Å². The molecular weight excluding hydrogens is 276 g/mol. The molecule has 4 nitrogen and oxygen atoms in total. The third-order valence-corrected chi connectivity index (χ3v) is 3.51. The molecule has 1 N–H and O–H groups in total. The van der Waals surface area contributed by atoms with Crippen molar-refractivity contribution in [3.63, 3.8) is 0 Å². The number of halogens is 1. The molecule has 5 heteroatoms. The Hall–Kier alpha value is -1.26. The van der Waals surface area contributed by atoms with Crippen molar-refractivity contribution in [1.82, 2.24) is 10.2 Å². The van der Waals surface area contributed by atoms with Gasteiger partial charge < -0.3 is 10.1 Å². The lowest BCUT2D eigenvalue weighted by atomic mass is 10.3. The fraction of sp³-hybridized carbons (Fsp3) is 0.533. The molecule has 1 aliphatic carbocycles. The predicted molar refractivity (Wildman–Crippen MR) is 80.2 cm³/mol. The first-order valence-corrected chi connectivity index (χ1v) is 7.35. The van der Waals surface area contributed by atoms with Crippen LogP contribution < -0.4 is 10.1 Å². The SMILES string of the molecule is CN(CCOc1ccc(Cl)cc1)CC(=O)NCC1CC1. The molecule has 0 bridgehead atoms.